The molecule has 1 unspecified atom stereocenters. The van der Waals surface area contributed by atoms with E-state index in [4.69, 9.17) is 5.11 Å². The summed E-state index contributed by atoms with van der Waals surface area (Å²) in [6, 6.07) is 13.5. The molecule has 6 nitrogen and oxygen atoms in total. The molecule has 0 aliphatic carbocycles. The van der Waals surface area contributed by atoms with Gasteiger partial charge >= 0.3 is 12.0 Å². The largest absolute Gasteiger partial charge is 0.478 e. The van der Waals surface area contributed by atoms with Crippen molar-refractivity contribution in [3.05, 3.63) is 70.8 Å². The number of aromatic carboxylic acids is 1. The average Bonchev–Trinajstić information content (AvgIpc) is 2.61. The monoisotopic (exact) mass is 342 g/mol. The predicted octanol–water partition coefficient (Wildman–Crippen LogP) is 2.10. The summed E-state index contributed by atoms with van der Waals surface area (Å²) in [5, 5.41) is 23.7. The van der Waals surface area contributed by atoms with Gasteiger partial charge in [-0.3, -0.25) is 0 Å². The molecule has 1 atom stereocenters. The van der Waals surface area contributed by atoms with Gasteiger partial charge in [-0.15, -0.1) is 0 Å². The van der Waals surface area contributed by atoms with E-state index < -0.39 is 5.97 Å². The lowest BCUT2D eigenvalue weighted by Gasteiger charge is -2.17. The number of aliphatic hydroxyl groups excluding tert-OH is 1. The van der Waals surface area contributed by atoms with Crippen molar-refractivity contribution < 1.29 is 19.8 Å². The first-order valence-electron chi connectivity index (χ1n) is 8.01. The van der Waals surface area contributed by atoms with Gasteiger partial charge in [0.25, 0.3) is 0 Å². The Morgan fingerprint density at radius 1 is 1.00 bits per heavy atom. The minimum atomic E-state index is -0.987. The van der Waals surface area contributed by atoms with Crippen LogP contribution in [0.3, 0.4) is 0 Å². The molecule has 25 heavy (non-hydrogen) atoms. The molecule has 0 fully saturated rings. The minimum absolute atomic E-state index is 0.158. The minimum Gasteiger partial charge on any atom is -0.478 e. The number of aliphatic hydroxyl groups is 1. The summed E-state index contributed by atoms with van der Waals surface area (Å²) in [6.45, 7) is 2.12. The quantitative estimate of drug-likeness (QED) is 0.619. The van der Waals surface area contributed by atoms with E-state index in [0.29, 0.717) is 6.42 Å². The molecule has 0 aromatic heterocycles. The van der Waals surface area contributed by atoms with Crippen molar-refractivity contribution in [2.45, 2.75) is 25.9 Å². The number of carboxylic acid groups (broad SMARTS) is 1. The second kappa shape index (κ2) is 8.84. The van der Waals surface area contributed by atoms with Crippen LogP contribution in [0, 0.1) is 6.92 Å². The number of hydrogen-bond acceptors (Lipinski definition) is 3. The normalized spacial score (nSPS) is 11.6. The Balaban J connectivity index is 1.83. The van der Waals surface area contributed by atoms with Crippen LogP contribution >= 0.6 is 0 Å². The molecule has 0 radical (unpaired) electrons. The Kier molecular flexibility index (Phi) is 6.54. The van der Waals surface area contributed by atoms with Gasteiger partial charge < -0.3 is 20.8 Å². The number of aryl methyl sites for hydroxylation is 1. The molecule has 2 rings (SSSR count). The topological polar surface area (TPSA) is 98.7 Å². The van der Waals surface area contributed by atoms with E-state index in [1.807, 2.05) is 31.2 Å². The first-order valence-corrected chi connectivity index (χ1v) is 8.01. The molecule has 2 aromatic carbocycles. The fourth-order valence-electron chi connectivity index (χ4n) is 2.35. The molecule has 0 aliphatic heterocycles. The maximum absolute atomic E-state index is 12.0. The van der Waals surface area contributed by atoms with Gasteiger partial charge in [0.15, 0.2) is 0 Å². The van der Waals surface area contributed by atoms with Crippen LogP contribution in [0.1, 0.15) is 27.0 Å². The molecule has 0 saturated carbocycles. The highest BCUT2D eigenvalue weighted by atomic mass is 16.4. The van der Waals surface area contributed by atoms with Gasteiger partial charge in [-0.1, -0.05) is 42.0 Å². The van der Waals surface area contributed by atoms with Gasteiger partial charge in [0.2, 0.25) is 0 Å². The van der Waals surface area contributed by atoms with Crippen LogP contribution in [0.2, 0.25) is 0 Å². The maximum atomic E-state index is 12.0. The molecule has 0 heterocycles. The highest BCUT2D eigenvalue weighted by molar-refractivity contribution is 5.87. The van der Waals surface area contributed by atoms with E-state index in [0.717, 1.165) is 16.7 Å². The Morgan fingerprint density at radius 3 is 2.16 bits per heavy atom. The van der Waals surface area contributed by atoms with Gasteiger partial charge in [0.1, 0.15) is 0 Å². The highest BCUT2D eigenvalue weighted by Crippen LogP contribution is 2.07. The highest BCUT2D eigenvalue weighted by Gasteiger charge is 2.12. The van der Waals surface area contributed by atoms with E-state index in [2.05, 4.69) is 10.6 Å². The van der Waals surface area contributed by atoms with Crippen molar-refractivity contribution >= 4 is 12.0 Å². The smallest absolute Gasteiger partial charge is 0.335 e. The number of amides is 2. The third-order valence-electron chi connectivity index (χ3n) is 3.81. The molecule has 2 amide bonds. The SMILES string of the molecule is Cc1ccc(CC(CO)NC(=O)NCc2ccc(C(=O)O)cc2)cc1. The number of carbonyl (C=O) groups excluding carboxylic acids is 1. The summed E-state index contributed by atoms with van der Waals surface area (Å²) in [4.78, 5) is 22.8. The summed E-state index contributed by atoms with van der Waals surface area (Å²) < 4.78 is 0. The van der Waals surface area contributed by atoms with Crippen LogP contribution in [0.4, 0.5) is 4.79 Å². The van der Waals surface area contributed by atoms with Crippen molar-refractivity contribution in [2.75, 3.05) is 6.61 Å². The van der Waals surface area contributed by atoms with Crippen molar-refractivity contribution in [3.63, 3.8) is 0 Å². The number of nitrogens with one attached hydrogen (secondary N) is 2. The fourth-order valence-corrected chi connectivity index (χ4v) is 2.35. The van der Waals surface area contributed by atoms with E-state index >= 15 is 0 Å². The standard InChI is InChI=1S/C19H22N2O4/c1-13-2-4-14(5-3-13)10-17(12-22)21-19(25)20-11-15-6-8-16(9-7-15)18(23)24/h2-9,17,22H,10-12H2,1H3,(H,23,24)(H2,20,21,25). The van der Waals surface area contributed by atoms with Crippen molar-refractivity contribution in [3.8, 4) is 0 Å². The molecule has 0 saturated heterocycles. The number of rotatable bonds is 7. The zero-order valence-corrected chi connectivity index (χ0v) is 14.0. The fraction of sp³-hybridized carbons (Fsp3) is 0.263. The summed E-state index contributed by atoms with van der Waals surface area (Å²) >= 11 is 0. The number of benzene rings is 2. The van der Waals surface area contributed by atoms with Gasteiger partial charge in [-0.05, 0) is 36.6 Å². The van der Waals surface area contributed by atoms with Gasteiger partial charge in [0, 0.05) is 6.54 Å². The van der Waals surface area contributed by atoms with E-state index in [1.54, 1.807) is 12.1 Å². The Labute approximate surface area is 146 Å². The summed E-state index contributed by atoms with van der Waals surface area (Å²) in [5.74, 6) is -0.987. The lowest BCUT2D eigenvalue weighted by Crippen LogP contribution is -2.44. The second-order valence-corrected chi connectivity index (χ2v) is 5.90. The lowest BCUT2D eigenvalue weighted by molar-refractivity contribution is 0.0697. The Hall–Kier alpha value is -2.86. The van der Waals surface area contributed by atoms with Crippen LogP contribution in [-0.2, 0) is 13.0 Å². The van der Waals surface area contributed by atoms with Gasteiger partial charge in [-0.2, -0.15) is 0 Å². The van der Waals surface area contributed by atoms with Crippen molar-refractivity contribution in [1.29, 1.82) is 0 Å². The third-order valence-corrected chi connectivity index (χ3v) is 3.81. The van der Waals surface area contributed by atoms with Crippen LogP contribution < -0.4 is 10.6 Å². The summed E-state index contributed by atoms with van der Waals surface area (Å²) in [5.41, 5.74) is 3.18. The number of urea groups is 1. The summed E-state index contributed by atoms with van der Waals surface area (Å²) in [7, 11) is 0. The maximum Gasteiger partial charge on any atom is 0.335 e. The van der Waals surface area contributed by atoms with E-state index in [-0.39, 0.29) is 30.8 Å². The zero-order valence-electron chi connectivity index (χ0n) is 14.0. The van der Waals surface area contributed by atoms with Crippen LogP contribution in [0.15, 0.2) is 48.5 Å². The molecule has 0 bridgehead atoms. The molecular weight excluding hydrogens is 320 g/mol. The van der Waals surface area contributed by atoms with E-state index in [9.17, 15) is 14.7 Å². The molecular formula is C19H22N2O4. The number of carbonyl (C=O) groups is 2. The molecule has 6 heteroatoms. The Morgan fingerprint density at radius 2 is 1.60 bits per heavy atom. The van der Waals surface area contributed by atoms with E-state index in [1.165, 1.54) is 12.1 Å². The second-order valence-electron chi connectivity index (χ2n) is 5.90. The van der Waals surface area contributed by atoms with Crippen molar-refractivity contribution in [2.24, 2.45) is 0 Å². The molecule has 4 N–H and O–H groups in total. The third kappa shape index (κ3) is 5.93. The van der Waals surface area contributed by atoms with Crippen LogP contribution in [-0.4, -0.2) is 34.9 Å². The summed E-state index contributed by atoms with van der Waals surface area (Å²) in [6.07, 6.45) is 0.539. The van der Waals surface area contributed by atoms with Crippen LogP contribution in [0.5, 0.6) is 0 Å². The van der Waals surface area contributed by atoms with Gasteiger partial charge in [0.05, 0.1) is 18.2 Å². The average molecular weight is 342 g/mol. The van der Waals surface area contributed by atoms with Gasteiger partial charge in [-0.25, -0.2) is 9.59 Å². The number of hydrogen-bond donors (Lipinski definition) is 4. The predicted molar refractivity (Wildman–Crippen MR) is 94.5 cm³/mol. The molecule has 132 valence electrons. The zero-order chi connectivity index (χ0) is 18.2. The first kappa shape index (κ1) is 18.5. The lowest BCUT2D eigenvalue weighted by atomic mass is 10.1. The molecule has 0 aliphatic rings. The number of carboxylic acids is 1. The molecule has 0 spiro atoms. The van der Waals surface area contributed by atoms with Crippen molar-refractivity contribution in [1.82, 2.24) is 10.6 Å². The Bertz CT molecular complexity index is 711. The first-order chi connectivity index (χ1) is 12.0. The van der Waals surface area contributed by atoms with Crippen LogP contribution in [0.25, 0.3) is 0 Å². The molecule has 2 aromatic rings.